The van der Waals surface area contributed by atoms with Crippen molar-refractivity contribution in [3.05, 3.63) is 59.0 Å². The molecule has 0 amide bonds. The number of furan rings is 1. The van der Waals surface area contributed by atoms with Crippen molar-refractivity contribution < 1.29 is 4.42 Å². The summed E-state index contributed by atoms with van der Waals surface area (Å²) in [6.45, 7) is 2.14. The van der Waals surface area contributed by atoms with Crippen molar-refractivity contribution in [1.29, 1.82) is 0 Å². The third-order valence-corrected chi connectivity index (χ3v) is 4.60. The third-order valence-electron chi connectivity index (χ3n) is 3.64. The molecule has 4 rings (SSSR count). The first-order valence-electron chi connectivity index (χ1n) is 6.87. The summed E-state index contributed by atoms with van der Waals surface area (Å²) in [5.74, 6) is 0. The Kier molecular flexibility index (Phi) is 2.89. The minimum atomic E-state index is 0.244. The molecule has 1 unspecified atom stereocenters. The van der Waals surface area contributed by atoms with Gasteiger partial charge in [-0.15, -0.1) is 11.3 Å². The van der Waals surface area contributed by atoms with Crippen LogP contribution < -0.4 is 5.32 Å². The number of fused-ring (bicyclic) bond motifs is 3. The lowest BCUT2D eigenvalue weighted by Crippen LogP contribution is -2.04. The maximum Gasteiger partial charge on any atom is 0.135 e. The van der Waals surface area contributed by atoms with Gasteiger partial charge in [0.25, 0.3) is 0 Å². The summed E-state index contributed by atoms with van der Waals surface area (Å²) in [6, 6.07) is 14.6. The number of rotatable bonds is 3. The van der Waals surface area contributed by atoms with Crippen LogP contribution >= 0.6 is 11.3 Å². The number of benzene rings is 2. The van der Waals surface area contributed by atoms with E-state index in [-0.39, 0.29) is 6.04 Å². The summed E-state index contributed by atoms with van der Waals surface area (Å²) in [7, 11) is 0. The largest absolute Gasteiger partial charge is 0.456 e. The van der Waals surface area contributed by atoms with Gasteiger partial charge in [0.2, 0.25) is 0 Å². The van der Waals surface area contributed by atoms with Gasteiger partial charge in [-0.05, 0) is 31.2 Å². The number of aromatic nitrogens is 1. The number of hydrogen-bond acceptors (Lipinski definition) is 4. The Balaban J connectivity index is 1.74. The normalized spacial score (nSPS) is 12.8. The van der Waals surface area contributed by atoms with Crippen molar-refractivity contribution in [3.8, 4) is 0 Å². The minimum Gasteiger partial charge on any atom is -0.456 e. The lowest BCUT2D eigenvalue weighted by Gasteiger charge is -2.13. The summed E-state index contributed by atoms with van der Waals surface area (Å²) in [6.07, 6.45) is 1.91. The predicted octanol–water partition coefficient (Wildman–Crippen LogP) is 5.22. The number of hydrogen-bond donors (Lipinski definition) is 1. The molecule has 2 heterocycles. The monoisotopic (exact) mass is 294 g/mol. The SMILES string of the molecule is CC(Nc1ccc2oc3ccccc3c2c1)c1cncs1. The van der Waals surface area contributed by atoms with Crippen molar-refractivity contribution in [2.75, 3.05) is 5.32 Å². The maximum atomic E-state index is 5.85. The van der Waals surface area contributed by atoms with Crippen LogP contribution in [0.25, 0.3) is 21.9 Å². The lowest BCUT2D eigenvalue weighted by molar-refractivity contribution is 0.669. The van der Waals surface area contributed by atoms with E-state index in [9.17, 15) is 0 Å². The number of nitrogens with zero attached hydrogens (tertiary/aromatic N) is 1. The van der Waals surface area contributed by atoms with E-state index < -0.39 is 0 Å². The molecule has 0 aliphatic carbocycles. The van der Waals surface area contributed by atoms with E-state index in [1.165, 1.54) is 4.88 Å². The van der Waals surface area contributed by atoms with Gasteiger partial charge in [0.05, 0.1) is 11.6 Å². The highest BCUT2D eigenvalue weighted by molar-refractivity contribution is 7.09. The van der Waals surface area contributed by atoms with E-state index in [1.807, 2.05) is 36.0 Å². The van der Waals surface area contributed by atoms with Crippen molar-refractivity contribution in [3.63, 3.8) is 0 Å². The van der Waals surface area contributed by atoms with Gasteiger partial charge in [-0.25, -0.2) is 0 Å². The van der Waals surface area contributed by atoms with Gasteiger partial charge in [-0.2, -0.15) is 0 Å². The van der Waals surface area contributed by atoms with Crippen LogP contribution in [0.1, 0.15) is 17.8 Å². The summed E-state index contributed by atoms with van der Waals surface area (Å²) < 4.78 is 5.85. The van der Waals surface area contributed by atoms with Gasteiger partial charge in [-0.3, -0.25) is 4.98 Å². The first-order valence-corrected chi connectivity index (χ1v) is 7.75. The molecule has 0 saturated heterocycles. The second-order valence-electron chi connectivity index (χ2n) is 5.08. The average Bonchev–Trinajstić information content (AvgIpc) is 3.14. The zero-order chi connectivity index (χ0) is 14.2. The third kappa shape index (κ3) is 2.17. The second kappa shape index (κ2) is 4.90. The average molecular weight is 294 g/mol. The smallest absolute Gasteiger partial charge is 0.135 e. The standard InChI is InChI=1S/C17H14N2OS/c1-11(17-9-18-10-21-17)19-12-6-7-16-14(8-12)13-4-2-3-5-15(13)20-16/h2-11,19H,1H3. The van der Waals surface area contributed by atoms with E-state index in [0.717, 1.165) is 27.6 Å². The highest BCUT2D eigenvalue weighted by Gasteiger charge is 2.10. The van der Waals surface area contributed by atoms with Crippen LogP contribution in [0.4, 0.5) is 5.69 Å². The molecular formula is C17H14N2OS. The van der Waals surface area contributed by atoms with E-state index in [4.69, 9.17) is 4.42 Å². The molecule has 0 saturated carbocycles. The summed E-state index contributed by atoms with van der Waals surface area (Å²) in [5.41, 5.74) is 4.81. The van der Waals surface area contributed by atoms with Gasteiger partial charge >= 0.3 is 0 Å². The van der Waals surface area contributed by atoms with Crippen LogP contribution in [0.5, 0.6) is 0 Å². The molecule has 4 aromatic rings. The fourth-order valence-corrected chi connectivity index (χ4v) is 3.20. The highest BCUT2D eigenvalue weighted by atomic mass is 32.1. The molecule has 0 aliphatic rings. The van der Waals surface area contributed by atoms with Crippen LogP contribution in [0.2, 0.25) is 0 Å². The molecule has 1 N–H and O–H groups in total. The molecule has 4 heteroatoms. The van der Waals surface area contributed by atoms with E-state index in [0.29, 0.717) is 0 Å². The highest BCUT2D eigenvalue weighted by Crippen LogP contribution is 2.31. The summed E-state index contributed by atoms with van der Waals surface area (Å²) >= 11 is 1.67. The zero-order valence-corrected chi connectivity index (χ0v) is 12.4. The van der Waals surface area contributed by atoms with Crippen LogP contribution in [-0.4, -0.2) is 4.98 Å². The lowest BCUT2D eigenvalue weighted by atomic mass is 10.1. The Bertz CT molecular complexity index is 896. The fourth-order valence-electron chi connectivity index (χ4n) is 2.58. The zero-order valence-electron chi connectivity index (χ0n) is 11.5. The second-order valence-corrected chi connectivity index (χ2v) is 6.00. The Morgan fingerprint density at radius 1 is 1.10 bits per heavy atom. The Morgan fingerprint density at radius 3 is 2.81 bits per heavy atom. The summed E-state index contributed by atoms with van der Waals surface area (Å²) in [5, 5.41) is 5.82. The van der Waals surface area contributed by atoms with Gasteiger partial charge in [0.15, 0.2) is 0 Å². The van der Waals surface area contributed by atoms with Gasteiger partial charge < -0.3 is 9.73 Å². The molecule has 21 heavy (non-hydrogen) atoms. The number of thiazole rings is 1. The molecule has 0 aliphatic heterocycles. The van der Waals surface area contributed by atoms with Crippen molar-refractivity contribution in [2.45, 2.75) is 13.0 Å². The quantitative estimate of drug-likeness (QED) is 0.563. The van der Waals surface area contributed by atoms with Crippen LogP contribution in [0.15, 0.2) is 58.6 Å². The molecule has 104 valence electrons. The molecule has 0 bridgehead atoms. The first kappa shape index (κ1) is 12.4. The van der Waals surface area contributed by atoms with Crippen molar-refractivity contribution in [2.24, 2.45) is 0 Å². The topological polar surface area (TPSA) is 38.1 Å². The number of nitrogens with one attached hydrogen (secondary N) is 1. The molecule has 0 spiro atoms. The number of anilines is 1. The molecule has 2 aromatic carbocycles. The van der Waals surface area contributed by atoms with Gasteiger partial charge in [0, 0.05) is 27.5 Å². The van der Waals surface area contributed by atoms with Crippen LogP contribution in [-0.2, 0) is 0 Å². The van der Waals surface area contributed by atoms with Gasteiger partial charge in [-0.1, -0.05) is 18.2 Å². The Hall–Kier alpha value is -2.33. The van der Waals surface area contributed by atoms with Crippen LogP contribution in [0, 0.1) is 0 Å². The first-order chi connectivity index (χ1) is 10.3. The number of para-hydroxylation sites is 1. The Morgan fingerprint density at radius 2 is 1.95 bits per heavy atom. The molecule has 0 radical (unpaired) electrons. The summed E-state index contributed by atoms with van der Waals surface area (Å²) in [4.78, 5) is 5.36. The molecule has 0 fully saturated rings. The molecule has 3 nitrogen and oxygen atoms in total. The molecule has 2 aromatic heterocycles. The molecular weight excluding hydrogens is 280 g/mol. The van der Waals surface area contributed by atoms with E-state index in [2.05, 4.69) is 35.4 Å². The Labute approximate surface area is 126 Å². The van der Waals surface area contributed by atoms with E-state index in [1.54, 1.807) is 11.3 Å². The van der Waals surface area contributed by atoms with E-state index >= 15 is 0 Å². The van der Waals surface area contributed by atoms with Crippen LogP contribution in [0.3, 0.4) is 0 Å². The molecule has 1 atom stereocenters. The predicted molar refractivity (Wildman–Crippen MR) is 87.9 cm³/mol. The fraction of sp³-hybridized carbons (Fsp3) is 0.118. The maximum absolute atomic E-state index is 5.85. The van der Waals surface area contributed by atoms with Crippen molar-refractivity contribution in [1.82, 2.24) is 4.98 Å². The minimum absolute atomic E-state index is 0.244. The van der Waals surface area contributed by atoms with Gasteiger partial charge in [0.1, 0.15) is 11.2 Å². The van der Waals surface area contributed by atoms with Crippen molar-refractivity contribution >= 4 is 39.0 Å².